The maximum atomic E-state index is 11.8. The van der Waals surface area contributed by atoms with Crippen LogP contribution >= 0.6 is 0 Å². The minimum absolute atomic E-state index is 0.0251. The predicted octanol–water partition coefficient (Wildman–Crippen LogP) is 1.91. The van der Waals surface area contributed by atoms with Crippen LogP contribution in [0.4, 0.5) is 5.82 Å². The summed E-state index contributed by atoms with van der Waals surface area (Å²) in [5.74, 6) is 0.687. The fourth-order valence-electron chi connectivity index (χ4n) is 1.67. The van der Waals surface area contributed by atoms with Crippen LogP contribution in [-0.2, 0) is 18.3 Å². The average molecular weight is 229 g/mol. The molecule has 4 nitrogen and oxygen atoms in total. The van der Waals surface area contributed by atoms with Gasteiger partial charge < -0.3 is 5.32 Å². The van der Waals surface area contributed by atoms with Gasteiger partial charge in [0.15, 0.2) is 0 Å². The highest BCUT2D eigenvalue weighted by molar-refractivity contribution is 5.91. The number of aryl methyl sites for hydroxylation is 2. The van der Waals surface area contributed by atoms with E-state index in [1.807, 2.05) is 31.2 Å². The average Bonchev–Trinajstić information content (AvgIpc) is 2.68. The molecule has 0 spiro atoms. The molecular formula is C13H15N3O. The van der Waals surface area contributed by atoms with E-state index in [0.717, 1.165) is 11.1 Å². The maximum Gasteiger partial charge on any atom is 0.229 e. The second-order valence-electron chi connectivity index (χ2n) is 3.99. The fraction of sp³-hybridized carbons (Fsp3) is 0.231. The highest BCUT2D eigenvalue weighted by Crippen LogP contribution is 2.09. The summed E-state index contributed by atoms with van der Waals surface area (Å²) in [6.45, 7) is 2.01. The van der Waals surface area contributed by atoms with Gasteiger partial charge in [0.2, 0.25) is 5.91 Å². The van der Waals surface area contributed by atoms with E-state index in [9.17, 15) is 4.79 Å². The Kier molecular flexibility index (Phi) is 3.23. The quantitative estimate of drug-likeness (QED) is 0.874. The minimum Gasteiger partial charge on any atom is -0.311 e. The first-order valence-electron chi connectivity index (χ1n) is 5.49. The number of nitrogens with zero attached hydrogens (tertiary/aromatic N) is 2. The number of nitrogens with one attached hydrogen (secondary N) is 1. The molecule has 0 saturated heterocycles. The topological polar surface area (TPSA) is 46.9 Å². The van der Waals surface area contributed by atoms with Crippen molar-refractivity contribution in [2.45, 2.75) is 13.3 Å². The third-order valence-electron chi connectivity index (χ3n) is 2.70. The number of rotatable bonds is 3. The van der Waals surface area contributed by atoms with Gasteiger partial charge in [-0.25, -0.2) is 0 Å². The van der Waals surface area contributed by atoms with E-state index in [4.69, 9.17) is 0 Å². The van der Waals surface area contributed by atoms with Crippen LogP contribution in [0.1, 0.15) is 11.1 Å². The largest absolute Gasteiger partial charge is 0.311 e. The molecule has 0 unspecified atom stereocenters. The second-order valence-corrected chi connectivity index (χ2v) is 3.99. The van der Waals surface area contributed by atoms with Crippen LogP contribution < -0.4 is 5.32 Å². The van der Waals surface area contributed by atoms with Gasteiger partial charge in [0.05, 0.1) is 12.6 Å². The van der Waals surface area contributed by atoms with E-state index in [1.165, 1.54) is 0 Å². The van der Waals surface area contributed by atoms with Crippen LogP contribution in [0.25, 0.3) is 0 Å². The number of carbonyl (C=O) groups excluding carboxylic acids is 1. The molecule has 0 bridgehead atoms. The van der Waals surface area contributed by atoms with Gasteiger partial charge in [-0.1, -0.05) is 24.3 Å². The van der Waals surface area contributed by atoms with Gasteiger partial charge in [0.1, 0.15) is 5.82 Å². The Balaban J connectivity index is 2.03. The SMILES string of the molecule is Cc1ccccc1CC(=O)Nc1ccnn1C. The molecule has 2 aromatic rings. The van der Waals surface area contributed by atoms with Crippen molar-refractivity contribution < 1.29 is 4.79 Å². The molecular weight excluding hydrogens is 214 g/mol. The van der Waals surface area contributed by atoms with Gasteiger partial charge >= 0.3 is 0 Å². The number of benzene rings is 1. The molecule has 0 aliphatic carbocycles. The molecule has 0 radical (unpaired) electrons. The molecule has 1 heterocycles. The van der Waals surface area contributed by atoms with E-state index in [0.29, 0.717) is 12.2 Å². The molecule has 1 N–H and O–H groups in total. The number of hydrogen-bond acceptors (Lipinski definition) is 2. The van der Waals surface area contributed by atoms with Gasteiger partial charge in [-0.15, -0.1) is 0 Å². The minimum atomic E-state index is -0.0251. The highest BCUT2D eigenvalue weighted by atomic mass is 16.1. The van der Waals surface area contributed by atoms with Crippen molar-refractivity contribution in [2.24, 2.45) is 7.05 Å². The van der Waals surface area contributed by atoms with E-state index in [-0.39, 0.29) is 5.91 Å². The van der Waals surface area contributed by atoms with Crippen molar-refractivity contribution in [2.75, 3.05) is 5.32 Å². The molecule has 0 fully saturated rings. The number of hydrogen-bond donors (Lipinski definition) is 1. The van der Waals surface area contributed by atoms with Crippen molar-refractivity contribution in [3.8, 4) is 0 Å². The standard InChI is InChI=1S/C13H15N3O/c1-10-5-3-4-6-11(10)9-13(17)15-12-7-8-14-16(12)2/h3-8H,9H2,1-2H3,(H,15,17). The normalized spacial score (nSPS) is 10.2. The zero-order valence-electron chi connectivity index (χ0n) is 9.97. The molecule has 0 saturated carbocycles. The summed E-state index contributed by atoms with van der Waals surface area (Å²) in [7, 11) is 1.80. The molecule has 0 aliphatic heterocycles. The van der Waals surface area contributed by atoms with Gasteiger partial charge in [0, 0.05) is 13.1 Å². The van der Waals surface area contributed by atoms with E-state index in [2.05, 4.69) is 10.4 Å². The Morgan fingerprint density at radius 1 is 1.35 bits per heavy atom. The van der Waals surface area contributed by atoms with Crippen LogP contribution in [0, 0.1) is 6.92 Å². The Bertz CT molecular complexity index is 531. The molecule has 88 valence electrons. The Hall–Kier alpha value is -2.10. The van der Waals surface area contributed by atoms with Gasteiger partial charge in [-0.3, -0.25) is 9.48 Å². The fourth-order valence-corrected chi connectivity index (χ4v) is 1.67. The highest BCUT2D eigenvalue weighted by Gasteiger charge is 2.07. The van der Waals surface area contributed by atoms with Crippen LogP contribution in [-0.4, -0.2) is 15.7 Å². The van der Waals surface area contributed by atoms with Crippen LogP contribution in [0.3, 0.4) is 0 Å². The summed E-state index contributed by atoms with van der Waals surface area (Å²) < 4.78 is 1.63. The van der Waals surface area contributed by atoms with Gasteiger partial charge in [-0.05, 0) is 18.1 Å². The summed E-state index contributed by atoms with van der Waals surface area (Å²) >= 11 is 0. The van der Waals surface area contributed by atoms with Crippen LogP contribution in [0.15, 0.2) is 36.5 Å². The van der Waals surface area contributed by atoms with Crippen molar-refractivity contribution >= 4 is 11.7 Å². The number of carbonyl (C=O) groups is 1. The van der Waals surface area contributed by atoms with Crippen molar-refractivity contribution in [3.05, 3.63) is 47.7 Å². The first-order valence-corrected chi connectivity index (χ1v) is 5.49. The van der Waals surface area contributed by atoms with E-state index >= 15 is 0 Å². The lowest BCUT2D eigenvalue weighted by Crippen LogP contribution is -2.17. The predicted molar refractivity (Wildman–Crippen MR) is 66.7 cm³/mol. The Morgan fingerprint density at radius 2 is 2.12 bits per heavy atom. The third kappa shape index (κ3) is 2.72. The van der Waals surface area contributed by atoms with Gasteiger partial charge in [-0.2, -0.15) is 5.10 Å². The van der Waals surface area contributed by atoms with Crippen LogP contribution in [0.2, 0.25) is 0 Å². The van der Waals surface area contributed by atoms with Gasteiger partial charge in [0.25, 0.3) is 0 Å². The molecule has 2 rings (SSSR count). The maximum absolute atomic E-state index is 11.8. The van der Waals surface area contributed by atoms with Crippen molar-refractivity contribution in [1.82, 2.24) is 9.78 Å². The van der Waals surface area contributed by atoms with E-state index in [1.54, 1.807) is 24.0 Å². The number of anilines is 1. The molecule has 0 aliphatic rings. The lowest BCUT2D eigenvalue weighted by molar-refractivity contribution is -0.115. The third-order valence-corrected chi connectivity index (χ3v) is 2.70. The molecule has 17 heavy (non-hydrogen) atoms. The lowest BCUT2D eigenvalue weighted by Gasteiger charge is -2.07. The van der Waals surface area contributed by atoms with Crippen molar-refractivity contribution in [3.63, 3.8) is 0 Å². The molecule has 0 atom stereocenters. The summed E-state index contributed by atoms with van der Waals surface area (Å²) in [6, 6.07) is 9.66. The first kappa shape index (κ1) is 11.4. The zero-order chi connectivity index (χ0) is 12.3. The first-order chi connectivity index (χ1) is 8.16. The monoisotopic (exact) mass is 229 g/mol. The zero-order valence-corrected chi connectivity index (χ0v) is 9.97. The Morgan fingerprint density at radius 3 is 2.76 bits per heavy atom. The second kappa shape index (κ2) is 4.82. The molecule has 1 aromatic heterocycles. The van der Waals surface area contributed by atoms with Crippen molar-refractivity contribution in [1.29, 1.82) is 0 Å². The molecule has 4 heteroatoms. The molecule has 1 amide bonds. The summed E-state index contributed by atoms with van der Waals surface area (Å²) in [5.41, 5.74) is 2.18. The van der Waals surface area contributed by atoms with Crippen LogP contribution in [0.5, 0.6) is 0 Å². The lowest BCUT2D eigenvalue weighted by atomic mass is 10.1. The smallest absolute Gasteiger partial charge is 0.229 e. The molecule has 1 aromatic carbocycles. The number of amides is 1. The summed E-state index contributed by atoms with van der Waals surface area (Å²) in [6.07, 6.45) is 2.04. The summed E-state index contributed by atoms with van der Waals surface area (Å²) in [4.78, 5) is 11.8. The van der Waals surface area contributed by atoms with E-state index < -0.39 is 0 Å². The number of aromatic nitrogens is 2. The Labute approximate surface area is 100 Å². The summed E-state index contributed by atoms with van der Waals surface area (Å²) in [5, 5.41) is 6.82.